The Hall–Kier alpha value is -1.65. The van der Waals surface area contributed by atoms with Crippen LogP contribution in [0, 0.1) is 6.92 Å². The van der Waals surface area contributed by atoms with Crippen LogP contribution in [0.5, 0.6) is 0 Å². The first-order valence-electron chi connectivity index (χ1n) is 5.11. The molecule has 0 aliphatic heterocycles. The fraction of sp³-hybridized carbons (Fsp3) is 0.0833. The van der Waals surface area contributed by atoms with E-state index in [1.54, 1.807) is 25.1 Å². The van der Waals surface area contributed by atoms with Gasteiger partial charge in [0.25, 0.3) is 5.91 Å². The van der Waals surface area contributed by atoms with E-state index in [4.69, 9.17) is 23.2 Å². The maximum Gasteiger partial charge on any atom is 0.259 e. The number of aryl methyl sites for hydroxylation is 1. The van der Waals surface area contributed by atoms with E-state index in [0.29, 0.717) is 27.0 Å². The summed E-state index contributed by atoms with van der Waals surface area (Å²) in [5, 5.41) is 3.58. The van der Waals surface area contributed by atoms with E-state index < -0.39 is 0 Å². The number of amides is 1. The SMILES string of the molecule is Cc1ncncc1C(=O)Nc1ccc(Cl)cc1Cl. The molecule has 1 amide bonds. The number of benzene rings is 1. The molecule has 0 fully saturated rings. The lowest BCUT2D eigenvalue weighted by Gasteiger charge is -2.08. The molecule has 0 spiro atoms. The number of aromatic nitrogens is 2. The Bertz CT molecular complexity index is 602. The van der Waals surface area contributed by atoms with Gasteiger partial charge in [-0.25, -0.2) is 9.97 Å². The van der Waals surface area contributed by atoms with Crippen LogP contribution in [-0.2, 0) is 0 Å². The number of carbonyl (C=O) groups is 1. The summed E-state index contributed by atoms with van der Waals surface area (Å²) in [6.45, 7) is 1.74. The van der Waals surface area contributed by atoms with Crippen molar-refractivity contribution >= 4 is 34.8 Å². The highest BCUT2D eigenvalue weighted by Crippen LogP contribution is 2.25. The Morgan fingerprint density at radius 2 is 2.11 bits per heavy atom. The average Bonchev–Trinajstić information content (AvgIpc) is 2.33. The topological polar surface area (TPSA) is 54.9 Å². The molecule has 2 aromatic rings. The quantitative estimate of drug-likeness (QED) is 0.919. The standard InChI is InChI=1S/C12H9Cl2N3O/c1-7-9(5-15-6-16-7)12(18)17-11-3-2-8(13)4-10(11)14/h2-6H,1H3,(H,17,18). The minimum atomic E-state index is -0.308. The van der Waals surface area contributed by atoms with Crippen LogP contribution >= 0.6 is 23.2 Å². The molecular formula is C12H9Cl2N3O. The Morgan fingerprint density at radius 3 is 2.78 bits per heavy atom. The molecule has 0 saturated heterocycles. The zero-order valence-electron chi connectivity index (χ0n) is 9.45. The normalized spacial score (nSPS) is 10.2. The van der Waals surface area contributed by atoms with Gasteiger partial charge in [-0.3, -0.25) is 4.79 Å². The van der Waals surface area contributed by atoms with E-state index in [9.17, 15) is 4.79 Å². The lowest BCUT2D eigenvalue weighted by Crippen LogP contribution is -2.14. The molecule has 0 unspecified atom stereocenters. The van der Waals surface area contributed by atoms with Crippen LogP contribution in [0.4, 0.5) is 5.69 Å². The van der Waals surface area contributed by atoms with Gasteiger partial charge in [0, 0.05) is 11.2 Å². The maximum absolute atomic E-state index is 12.0. The van der Waals surface area contributed by atoms with E-state index >= 15 is 0 Å². The van der Waals surface area contributed by atoms with Crippen molar-refractivity contribution in [2.24, 2.45) is 0 Å². The van der Waals surface area contributed by atoms with Gasteiger partial charge in [0.15, 0.2) is 0 Å². The molecular weight excluding hydrogens is 273 g/mol. The number of nitrogens with one attached hydrogen (secondary N) is 1. The monoisotopic (exact) mass is 281 g/mol. The number of hydrogen-bond donors (Lipinski definition) is 1. The Morgan fingerprint density at radius 1 is 1.33 bits per heavy atom. The van der Waals surface area contributed by atoms with Crippen LogP contribution < -0.4 is 5.32 Å². The molecule has 2 rings (SSSR count). The third-order valence-corrected chi connectivity index (χ3v) is 2.88. The van der Waals surface area contributed by atoms with E-state index in [2.05, 4.69) is 15.3 Å². The van der Waals surface area contributed by atoms with Gasteiger partial charge in [0.1, 0.15) is 6.33 Å². The molecule has 0 aliphatic rings. The predicted octanol–water partition coefficient (Wildman–Crippen LogP) is 3.34. The number of rotatable bonds is 2. The minimum Gasteiger partial charge on any atom is -0.321 e. The third-order valence-electron chi connectivity index (χ3n) is 2.34. The summed E-state index contributed by atoms with van der Waals surface area (Å²) < 4.78 is 0. The van der Waals surface area contributed by atoms with Crippen molar-refractivity contribution in [3.05, 3.63) is 52.0 Å². The third kappa shape index (κ3) is 2.78. The molecule has 1 aromatic heterocycles. The van der Waals surface area contributed by atoms with Crippen molar-refractivity contribution in [3.63, 3.8) is 0 Å². The van der Waals surface area contributed by atoms with Gasteiger partial charge < -0.3 is 5.32 Å². The van der Waals surface area contributed by atoms with Crippen LogP contribution in [0.25, 0.3) is 0 Å². The summed E-state index contributed by atoms with van der Waals surface area (Å²) >= 11 is 11.7. The Labute approximate surface area is 114 Å². The highest BCUT2D eigenvalue weighted by molar-refractivity contribution is 6.36. The Balaban J connectivity index is 2.24. The van der Waals surface area contributed by atoms with Gasteiger partial charge >= 0.3 is 0 Å². The summed E-state index contributed by atoms with van der Waals surface area (Å²) in [5.74, 6) is -0.308. The van der Waals surface area contributed by atoms with Crippen molar-refractivity contribution in [2.45, 2.75) is 6.92 Å². The highest BCUT2D eigenvalue weighted by atomic mass is 35.5. The second-order valence-corrected chi connectivity index (χ2v) is 4.44. The van der Waals surface area contributed by atoms with Crippen molar-refractivity contribution in [2.75, 3.05) is 5.32 Å². The van der Waals surface area contributed by atoms with E-state index in [0.717, 1.165) is 0 Å². The fourth-order valence-electron chi connectivity index (χ4n) is 1.39. The fourth-order valence-corrected chi connectivity index (χ4v) is 1.85. The summed E-state index contributed by atoms with van der Waals surface area (Å²) in [6, 6.07) is 4.85. The summed E-state index contributed by atoms with van der Waals surface area (Å²) in [7, 11) is 0. The van der Waals surface area contributed by atoms with Gasteiger partial charge in [-0.2, -0.15) is 0 Å². The molecule has 18 heavy (non-hydrogen) atoms. The summed E-state index contributed by atoms with van der Waals surface area (Å²) in [5.41, 5.74) is 1.51. The average molecular weight is 282 g/mol. The first-order chi connectivity index (χ1) is 8.58. The Kier molecular flexibility index (Phi) is 3.79. The second kappa shape index (κ2) is 5.33. The predicted molar refractivity (Wildman–Crippen MR) is 71.2 cm³/mol. The van der Waals surface area contributed by atoms with E-state index in [1.165, 1.54) is 12.5 Å². The molecule has 0 radical (unpaired) electrons. The zero-order valence-corrected chi connectivity index (χ0v) is 11.0. The largest absolute Gasteiger partial charge is 0.321 e. The number of halogens is 2. The highest BCUT2D eigenvalue weighted by Gasteiger charge is 2.11. The van der Waals surface area contributed by atoms with Gasteiger partial charge in [0.05, 0.1) is 22.0 Å². The lowest BCUT2D eigenvalue weighted by molar-refractivity contribution is 0.102. The smallest absolute Gasteiger partial charge is 0.259 e. The number of hydrogen-bond acceptors (Lipinski definition) is 3. The van der Waals surface area contributed by atoms with Gasteiger partial charge in [0.2, 0.25) is 0 Å². The van der Waals surface area contributed by atoms with Crippen LogP contribution in [-0.4, -0.2) is 15.9 Å². The first kappa shape index (κ1) is 12.8. The van der Waals surface area contributed by atoms with E-state index in [-0.39, 0.29) is 5.91 Å². The van der Waals surface area contributed by atoms with Crippen LogP contribution in [0.3, 0.4) is 0 Å². The number of carbonyl (C=O) groups excluding carboxylic acids is 1. The van der Waals surface area contributed by atoms with Gasteiger partial charge in [-0.05, 0) is 25.1 Å². The molecule has 0 saturated carbocycles. The molecule has 1 aromatic carbocycles. The molecule has 1 N–H and O–H groups in total. The van der Waals surface area contributed by atoms with Crippen LogP contribution in [0.1, 0.15) is 16.1 Å². The molecule has 92 valence electrons. The van der Waals surface area contributed by atoms with Crippen LogP contribution in [0.15, 0.2) is 30.7 Å². The van der Waals surface area contributed by atoms with Crippen LogP contribution in [0.2, 0.25) is 10.0 Å². The van der Waals surface area contributed by atoms with Crippen molar-refractivity contribution < 1.29 is 4.79 Å². The molecule has 0 aliphatic carbocycles. The minimum absolute atomic E-state index is 0.308. The molecule has 0 bridgehead atoms. The van der Waals surface area contributed by atoms with Crippen molar-refractivity contribution in [1.29, 1.82) is 0 Å². The van der Waals surface area contributed by atoms with Crippen molar-refractivity contribution in [3.8, 4) is 0 Å². The molecule has 6 heteroatoms. The lowest BCUT2D eigenvalue weighted by atomic mass is 10.2. The summed E-state index contributed by atoms with van der Waals surface area (Å²) in [6.07, 6.45) is 2.85. The zero-order chi connectivity index (χ0) is 13.1. The maximum atomic E-state index is 12.0. The van der Waals surface area contributed by atoms with Gasteiger partial charge in [-0.1, -0.05) is 23.2 Å². The number of anilines is 1. The second-order valence-electron chi connectivity index (χ2n) is 3.60. The summed E-state index contributed by atoms with van der Waals surface area (Å²) in [4.78, 5) is 19.8. The molecule has 1 heterocycles. The van der Waals surface area contributed by atoms with Crippen molar-refractivity contribution in [1.82, 2.24) is 9.97 Å². The molecule has 0 atom stereocenters. The number of nitrogens with zero attached hydrogens (tertiary/aromatic N) is 2. The first-order valence-corrected chi connectivity index (χ1v) is 5.86. The van der Waals surface area contributed by atoms with E-state index in [1.807, 2.05) is 0 Å². The van der Waals surface area contributed by atoms with Gasteiger partial charge in [-0.15, -0.1) is 0 Å². The molecule has 4 nitrogen and oxygen atoms in total.